The van der Waals surface area contributed by atoms with Crippen molar-refractivity contribution in [3.8, 4) is 22.9 Å². The fourth-order valence-corrected chi connectivity index (χ4v) is 4.27. The van der Waals surface area contributed by atoms with Gasteiger partial charge in [0.15, 0.2) is 17.6 Å². The Hall–Kier alpha value is -3.92. The van der Waals surface area contributed by atoms with E-state index in [2.05, 4.69) is 5.10 Å². The van der Waals surface area contributed by atoms with Crippen molar-refractivity contribution >= 4 is 23.1 Å². The molecule has 0 spiro atoms. The minimum absolute atomic E-state index is 0.129. The maximum absolute atomic E-state index is 13.1. The fraction of sp³-hybridized carbons (Fsp3) is 0.200. The van der Waals surface area contributed by atoms with Crippen molar-refractivity contribution in [1.82, 2.24) is 9.55 Å². The predicted octanol–water partition coefficient (Wildman–Crippen LogP) is 0.537. The topological polar surface area (TPSA) is 138 Å². The molecule has 3 aliphatic rings. The van der Waals surface area contributed by atoms with Gasteiger partial charge in [-0.1, -0.05) is 0 Å². The number of rotatable bonds is 1. The second kappa shape index (κ2) is 5.80. The van der Waals surface area contributed by atoms with E-state index in [9.17, 15) is 14.7 Å². The van der Waals surface area contributed by atoms with Crippen LogP contribution in [0.3, 0.4) is 0 Å². The number of esters is 1. The first-order chi connectivity index (χ1) is 14.6. The molecule has 0 amide bonds. The van der Waals surface area contributed by atoms with E-state index in [1.54, 1.807) is 16.7 Å². The van der Waals surface area contributed by atoms with Gasteiger partial charge in [0.1, 0.15) is 6.61 Å². The summed E-state index contributed by atoms with van der Waals surface area (Å²) >= 11 is 0. The van der Waals surface area contributed by atoms with Crippen molar-refractivity contribution in [2.24, 2.45) is 10.9 Å². The summed E-state index contributed by atoms with van der Waals surface area (Å²) in [5, 5.41) is 14.7. The maximum Gasteiger partial charge on any atom is 0.340 e. The highest BCUT2D eigenvalue weighted by Gasteiger charge is 2.34. The molecule has 150 valence electrons. The molecule has 5 heterocycles. The maximum atomic E-state index is 13.1. The Kier molecular flexibility index (Phi) is 3.28. The van der Waals surface area contributed by atoms with E-state index < -0.39 is 12.1 Å². The monoisotopic (exact) mass is 406 g/mol. The van der Waals surface area contributed by atoms with Crippen LogP contribution in [-0.2, 0) is 22.7 Å². The molecule has 0 aliphatic carbocycles. The normalized spacial score (nSPS) is 18.4. The molecule has 3 aliphatic heterocycles. The number of cyclic esters (lactones) is 1. The first-order valence-electron chi connectivity index (χ1n) is 9.18. The van der Waals surface area contributed by atoms with Crippen molar-refractivity contribution in [2.75, 3.05) is 6.79 Å². The second-order valence-corrected chi connectivity index (χ2v) is 7.22. The van der Waals surface area contributed by atoms with E-state index in [0.29, 0.717) is 34.0 Å². The minimum atomic E-state index is -1.50. The van der Waals surface area contributed by atoms with Gasteiger partial charge in [-0.15, -0.1) is 0 Å². The smallest absolute Gasteiger partial charge is 0.340 e. The number of nitrogens with two attached hydrogens (primary N) is 1. The Balaban J connectivity index is 1.66. The molecule has 30 heavy (non-hydrogen) atoms. The Morgan fingerprint density at radius 2 is 1.97 bits per heavy atom. The molecule has 10 nitrogen and oxygen atoms in total. The summed E-state index contributed by atoms with van der Waals surface area (Å²) < 4.78 is 17.4. The van der Waals surface area contributed by atoms with Crippen LogP contribution in [0.2, 0.25) is 0 Å². The van der Waals surface area contributed by atoms with Gasteiger partial charge in [0.05, 0.1) is 35.2 Å². The predicted molar refractivity (Wildman–Crippen MR) is 103 cm³/mol. The lowest BCUT2D eigenvalue weighted by molar-refractivity contribution is -0.157. The SMILES string of the molecule is N/N=C/c1c2c(nc3cc4c(cc13)OCO4)-c1cc3c(c(=O)n1C2)COC(=O)[C@H]3O. The standard InChI is InChI=1S/C20H14N4O6/c21-22-4-10-8-2-15-16(30-7-29-15)3-13(8)23-17-11(10)5-24-14(17)1-9-12(19(24)26)6-28-20(27)18(9)25/h1-4,18,25H,5-7,21H2/b22-4+/t18-/m0/s1. The second-order valence-electron chi connectivity index (χ2n) is 7.22. The Morgan fingerprint density at radius 1 is 1.17 bits per heavy atom. The number of benzene rings is 1. The molecule has 0 unspecified atom stereocenters. The van der Waals surface area contributed by atoms with Gasteiger partial charge in [-0.2, -0.15) is 5.10 Å². The molecule has 2 aromatic heterocycles. The zero-order valence-corrected chi connectivity index (χ0v) is 15.4. The number of aliphatic hydroxyl groups excluding tert-OH is 1. The summed E-state index contributed by atoms with van der Waals surface area (Å²) in [4.78, 5) is 29.6. The number of nitrogens with zero attached hydrogens (tertiary/aromatic N) is 3. The van der Waals surface area contributed by atoms with Crippen LogP contribution in [0.1, 0.15) is 28.4 Å². The molecule has 0 radical (unpaired) electrons. The molecular formula is C20H14N4O6. The number of aliphatic hydroxyl groups is 1. The molecule has 6 rings (SSSR count). The van der Waals surface area contributed by atoms with Crippen LogP contribution in [-0.4, -0.2) is 33.6 Å². The van der Waals surface area contributed by atoms with E-state index in [-0.39, 0.29) is 36.6 Å². The molecule has 10 heteroatoms. The van der Waals surface area contributed by atoms with E-state index in [0.717, 1.165) is 10.9 Å². The lowest BCUT2D eigenvalue weighted by atomic mass is 9.99. The van der Waals surface area contributed by atoms with Crippen LogP contribution in [0.4, 0.5) is 0 Å². The fourth-order valence-electron chi connectivity index (χ4n) is 4.27. The first kappa shape index (κ1) is 17.0. The van der Waals surface area contributed by atoms with Crippen molar-refractivity contribution in [1.29, 1.82) is 0 Å². The van der Waals surface area contributed by atoms with E-state index in [1.807, 2.05) is 6.07 Å². The van der Waals surface area contributed by atoms with Crippen molar-refractivity contribution < 1.29 is 24.1 Å². The summed E-state index contributed by atoms with van der Waals surface area (Å²) in [6.45, 7) is 0.207. The number of carbonyl (C=O) groups excluding carboxylic acids is 1. The van der Waals surface area contributed by atoms with Crippen LogP contribution >= 0.6 is 0 Å². The van der Waals surface area contributed by atoms with Gasteiger partial charge < -0.3 is 29.7 Å². The molecule has 0 bridgehead atoms. The van der Waals surface area contributed by atoms with Gasteiger partial charge >= 0.3 is 5.97 Å². The Labute approximate surface area is 168 Å². The minimum Gasteiger partial charge on any atom is -0.458 e. The number of ether oxygens (including phenoxy) is 3. The highest BCUT2D eigenvalue weighted by Crippen LogP contribution is 2.41. The highest BCUT2D eigenvalue weighted by atomic mass is 16.7. The van der Waals surface area contributed by atoms with Crippen molar-refractivity contribution in [3.63, 3.8) is 0 Å². The average Bonchev–Trinajstić information content (AvgIpc) is 3.34. The van der Waals surface area contributed by atoms with E-state index in [1.165, 1.54) is 6.21 Å². The van der Waals surface area contributed by atoms with Gasteiger partial charge in [0, 0.05) is 28.1 Å². The summed E-state index contributed by atoms with van der Waals surface area (Å²) in [6.07, 6.45) is 0.0133. The summed E-state index contributed by atoms with van der Waals surface area (Å²) in [5.74, 6) is 5.86. The average molecular weight is 406 g/mol. The van der Waals surface area contributed by atoms with E-state index >= 15 is 0 Å². The number of aromatic nitrogens is 2. The van der Waals surface area contributed by atoms with Gasteiger partial charge in [-0.3, -0.25) is 4.79 Å². The van der Waals surface area contributed by atoms with Crippen LogP contribution < -0.4 is 20.9 Å². The van der Waals surface area contributed by atoms with Crippen molar-refractivity contribution in [2.45, 2.75) is 19.3 Å². The number of hydrogen-bond donors (Lipinski definition) is 2. The van der Waals surface area contributed by atoms with Gasteiger partial charge in [0.25, 0.3) is 5.56 Å². The number of pyridine rings is 2. The number of fused-ring (bicyclic) bond motifs is 6. The van der Waals surface area contributed by atoms with Crippen LogP contribution in [0.5, 0.6) is 11.5 Å². The van der Waals surface area contributed by atoms with Crippen LogP contribution in [0.15, 0.2) is 28.1 Å². The largest absolute Gasteiger partial charge is 0.458 e. The molecule has 3 aromatic rings. The summed E-state index contributed by atoms with van der Waals surface area (Å²) in [5.41, 5.74) is 3.33. The number of carbonyl (C=O) groups is 1. The van der Waals surface area contributed by atoms with Gasteiger partial charge in [-0.05, 0) is 12.1 Å². The molecule has 1 aromatic carbocycles. The Bertz CT molecular complexity index is 1380. The zero-order chi connectivity index (χ0) is 20.6. The number of hydrazone groups is 1. The zero-order valence-electron chi connectivity index (χ0n) is 15.4. The molecule has 3 N–H and O–H groups in total. The molecular weight excluding hydrogens is 392 g/mol. The van der Waals surface area contributed by atoms with Crippen LogP contribution in [0.25, 0.3) is 22.3 Å². The van der Waals surface area contributed by atoms with Crippen molar-refractivity contribution in [3.05, 3.63) is 50.8 Å². The van der Waals surface area contributed by atoms with Gasteiger partial charge in [-0.25, -0.2) is 9.78 Å². The lowest BCUT2D eigenvalue weighted by Crippen LogP contribution is -2.32. The third kappa shape index (κ3) is 2.10. The van der Waals surface area contributed by atoms with E-state index in [4.69, 9.17) is 25.0 Å². The third-order valence-corrected chi connectivity index (χ3v) is 5.70. The van der Waals surface area contributed by atoms with Gasteiger partial charge in [0.2, 0.25) is 6.79 Å². The highest BCUT2D eigenvalue weighted by molar-refractivity contribution is 6.03. The molecule has 1 atom stereocenters. The molecule has 0 saturated carbocycles. The lowest BCUT2D eigenvalue weighted by Gasteiger charge is -2.21. The summed E-state index contributed by atoms with van der Waals surface area (Å²) in [6, 6.07) is 5.20. The molecule has 0 fully saturated rings. The summed E-state index contributed by atoms with van der Waals surface area (Å²) in [7, 11) is 0. The quantitative estimate of drug-likeness (QED) is 0.202. The third-order valence-electron chi connectivity index (χ3n) is 5.70. The Morgan fingerprint density at radius 3 is 2.77 bits per heavy atom. The molecule has 0 saturated heterocycles. The van der Waals surface area contributed by atoms with Crippen LogP contribution in [0, 0.1) is 0 Å². The number of hydrogen-bond acceptors (Lipinski definition) is 9. The first-order valence-corrected chi connectivity index (χ1v) is 9.18.